The van der Waals surface area contributed by atoms with Gasteiger partial charge in [0.05, 0.1) is 11.3 Å². The van der Waals surface area contributed by atoms with E-state index in [4.69, 9.17) is 5.73 Å². The first kappa shape index (κ1) is 26.4. The molecule has 0 aromatic heterocycles. The Morgan fingerprint density at radius 3 is 1.81 bits per heavy atom. The number of hydrogen-bond acceptors (Lipinski definition) is 2. The molecular weight excluding hydrogens is 596 g/mol. The summed E-state index contributed by atoms with van der Waals surface area (Å²) in [6.07, 6.45) is -14.3. The lowest BCUT2D eigenvalue weighted by Gasteiger charge is -2.36. The largest absolute Gasteiger partial charge is 0.457 e. The molecule has 0 saturated heterocycles. The van der Waals surface area contributed by atoms with Crippen LogP contribution < -0.4 is 5.73 Å². The van der Waals surface area contributed by atoms with Crippen LogP contribution in [0.5, 0.6) is 0 Å². The molecule has 2 N–H and O–H groups in total. The second-order valence-electron chi connectivity index (χ2n) is 6.46. The number of Topliss-reactive ketones (excluding diaryl/α,β-unsaturated/α-hetero) is 1. The van der Waals surface area contributed by atoms with Crippen molar-refractivity contribution in [1.82, 2.24) is 0 Å². The van der Waals surface area contributed by atoms with E-state index in [1.807, 2.05) is 0 Å². The number of benzene rings is 2. The molecule has 0 saturated carbocycles. The Bertz CT molecular complexity index is 1030. The van der Waals surface area contributed by atoms with Gasteiger partial charge < -0.3 is 5.73 Å². The minimum absolute atomic E-state index is 0.0518. The summed E-state index contributed by atoms with van der Waals surface area (Å²) in [5.41, 5.74) is -4.03. The van der Waals surface area contributed by atoms with Crippen molar-refractivity contribution in [2.24, 2.45) is 0 Å². The molecule has 2 nitrogen and oxygen atoms in total. The van der Waals surface area contributed by atoms with Gasteiger partial charge in [0.15, 0.2) is 11.6 Å². The summed E-state index contributed by atoms with van der Waals surface area (Å²) < 4.78 is 132. The topological polar surface area (TPSA) is 43.1 Å². The zero-order valence-electron chi connectivity index (χ0n) is 15.1. The Kier molecular flexibility index (Phi) is 7.02. The van der Waals surface area contributed by atoms with Gasteiger partial charge in [-0.3, -0.25) is 4.79 Å². The second-order valence-corrected chi connectivity index (χ2v) is 8.16. The number of nitrogen functional groups attached to an aromatic ring is 1. The van der Waals surface area contributed by atoms with Crippen LogP contribution in [-0.4, -0.2) is 24.1 Å². The van der Waals surface area contributed by atoms with E-state index in [0.717, 1.165) is 12.1 Å². The Hall–Kier alpha value is -1.83. The summed E-state index contributed by atoms with van der Waals surface area (Å²) in [6, 6.07) is 3.53. The summed E-state index contributed by atoms with van der Waals surface area (Å²) in [5, 5.41) is 0. The minimum atomic E-state index is -6.88. The van der Waals surface area contributed by atoms with E-state index in [9.17, 15) is 48.7 Å². The maximum absolute atomic E-state index is 14.7. The molecule has 2 rings (SSSR count). The Morgan fingerprint density at radius 2 is 1.38 bits per heavy atom. The maximum Gasteiger partial charge on any atom is 0.457 e. The van der Waals surface area contributed by atoms with Gasteiger partial charge in [-0.1, -0.05) is 37.9 Å². The highest BCUT2D eigenvalue weighted by molar-refractivity contribution is 9.11. The lowest BCUT2D eigenvalue weighted by Crippen LogP contribution is -2.59. The van der Waals surface area contributed by atoms with Crippen LogP contribution in [0.2, 0.25) is 0 Å². The maximum atomic E-state index is 14.7. The molecule has 0 fully saturated rings. The van der Waals surface area contributed by atoms with Crippen molar-refractivity contribution in [2.75, 3.05) is 5.73 Å². The van der Waals surface area contributed by atoms with Gasteiger partial charge in [-0.25, -0.2) is 8.78 Å². The van der Waals surface area contributed by atoms with Gasteiger partial charge in [0, 0.05) is 20.9 Å². The first-order valence-electron chi connectivity index (χ1n) is 8.12. The van der Waals surface area contributed by atoms with Gasteiger partial charge in [-0.2, -0.15) is 35.1 Å². The monoisotopic (exact) mass is 603 g/mol. The van der Waals surface area contributed by atoms with Crippen LogP contribution >= 0.6 is 31.9 Å². The van der Waals surface area contributed by atoms with Crippen molar-refractivity contribution >= 4 is 43.3 Å². The molecule has 2 aromatic rings. The van der Waals surface area contributed by atoms with Gasteiger partial charge >= 0.3 is 23.9 Å². The van der Waals surface area contributed by atoms with Crippen molar-refractivity contribution in [2.45, 2.75) is 30.4 Å². The molecule has 14 heteroatoms. The predicted molar refractivity (Wildman–Crippen MR) is 101 cm³/mol. The lowest BCUT2D eigenvalue weighted by atomic mass is 9.86. The molecular formula is C18H9Br2F10NO. The zero-order chi connectivity index (χ0) is 24.9. The second kappa shape index (κ2) is 8.50. The third-order valence-electron chi connectivity index (χ3n) is 4.38. The van der Waals surface area contributed by atoms with Gasteiger partial charge in [-0.15, -0.1) is 0 Å². The number of halogens is 12. The SMILES string of the molecule is Nc1cccc(C(=O)Cc2c(Br)cc(C(F)(C(F)(F)F)C(F)(F)C(F)(F)F)cc2Br)c1F. The highest BCUT2D eigenvalue weighted by Gasteiger charge is 2.81. The van der Waals surface area contributed by atoms with Crippen molar-refractivity contribution in [3.8, 4) is 0 Å². The highest BCUT2D eigenvalue weighted by atomic mass is 79.9. The number of carbonyl (C=O) groups is 1. The molecule has 0 aliphatic carbocycles. The van der Waals surface area contributed by atoms with Crippen LogP contribution in [0.25, 0.3) is 0 Å². The Morgan fingerprint density at radius 1 is 0.875 bits per heavy atom. The number of hydrogen-bond donors (Lipinski definition) is 1. The van der Waals surface area contributed by atoms with E-state index in [2.05, 4.69) is 31.9 Å². The third kappa shape index (κ3) is 4.35. The summed E-state index contributed by atoms with van der Waals surface area (Å²) in [7, 11) is 0. The molecule has 0 aliphatic rings. The molecule has 0 bridgehead atoms. The molecule has 0 amide bonds. The summed E-state index contributed by atoms with van der Waals surface area (Å²) in [5.74, 6) is -8.89. The van der Waals surface area contributed by atoms with Crippen LogP contribution in [0.3, 0.4) is 0 Å². The molecule has 0 aliphatic heterocycles. The zero-order valence-corrected chi connectivity index (χ0v) is 18.3. The van der Waals surface area contributed by atoms with Crippen molar-refractivity contribution in [3.63, 3.8) is 0 Å². The summed E-state index contributed by atoms with van der Waals surface area (Å²) in [4.78, 5) is 12.4. The number of ketones is 1. The van der Waals surface area contributed by atoms with Crippen LogP contribution in [0.4, 0.5) is 49.6 Å². The Labute approximate surface area is 190 Å². The number of anilines is 1. The molecule has 1 unspecified atom stereocenters. The average molecular weight is 605 g/mol. The van der Waals surface area contributed by atoms with Gasteiger partial charge in [0.1, 0.15) is 0 Å². The lowest BCUT2D eigenvalue weighted by molar-refractivity contribution is -0.389. The van der Waals surface area contributed by atoms with E-state index in [1.165, 1.54) is 6.07 Å². The summed E-state index contributed by atoms with van der Waals surface area (Å²) in [6.45, 7) is 0. The number of carbonyl (C=O) groups excluding carboxylic acids is 1. The van der Waals surface area contributed by atoms with E-state index in [0.29, 0.717) is 0 Å². The first-order valence-corrected chi connectivity index (χ1v) is 9.70. The van der Waals surface area contributed by atoms with Crippen molar-refractivity contribution < 1.29 is 48.7 Å². The molecule has 32 heavy (non-hydrogen) atoms. The van der Waals surface area contributed by atoms with Crippen LogP contribution in [-0.2, 0) is 12.1 Å². The van der Waals surface area contributed by atoms with Crippen molar-refractivity contribution in [3.05, 3.63) is 61.8 Å². The van der Waals surface area contributed by atoms with Crippen molar-refractivity contribution in [1.29, 1.82) is 0 Å². The van der Waals surface area contributed by atoms with Gasteiger partial charge in [0.2, 0.25) is 0 Å². The molecule has 1 atom stereocenters. The normalized spacial score (nSPS) is 14.9. The van der Waals surface area contributed by atoms with E-state index < -0.39 is 62.0 Å². The van der Waals surface area contributed by atoms with E-state index in [1.54, 1.807) is 0 Å². The standard InChI is InChI=1S/C18H9Br2F10NO/c19-10-4-7(15(22,17(25,26)27)16(23,24)18(28,29)30)5-11(20)9(10)6-13(32)8-2-1-3-12(31)14(8)21/h1-5H,6,31H2. The number of rotatable bonds is 5. The fourth-order valence-electron chi connectivity index (χ4n) is 2.71. The smallest absolute Gasteiger partial charge is 0.396 e. The number of alkyl halides is 9. The summed E-state index contributed by atoms with van der Waals surface area (Å²) >= 11 is 5.30. The molecule has 0 heterocycles. The van der Waals surface area contributed by atoms with Crippen LogP contribution in [0, 0.1) is 5.82 Å². The molecule has 176 valence electrons. The predicted octanol–water partition coefficient (Wildman–Crippen LogP) is 7.28. The third-order valence-corrected chi connectivity index (χ3v) is 5.80. The van der Waals surface area contributed by atoms with Crippen LogP contribution in [0.1, 0.15) is 21.5 Å². The number of nitrogens with two attached hydrogens (primary N) is 1. The fraction of sp³-hybridized carbons (Fsp3) is 0.278. The Balaban J connectivity index is 2.60. The quantitative estimate of drug-likeness (QED) is 0.221. The fourth-order valence-corrected chi connectivity index (χ4v) is 4.18. The minimum Gasteiger partial charge on any atom is -0.396 e. The first-order chi connectivity index (χ1) is 14.4. The molecule has 0 spiro atoms. The average Bonchev–Trinajstić information content (AvgIpc) is 2.63. The van der Waals surface area contributed by atoms with E-state index in [-0.39, 0.29) is 23.4 Å². The van der Waals surface area contributed by atoms with Gasteiger partial charge in [0.25, 0.3) is 0 Å². The van der Waals surface area contributed by atoms with Gasteiger partial charge in [-0.05, 0) is 29.8 Å². The van der Waals surface area contributed by atoms with E-state index >= 15 is 0 Å². The molecule has 0 radical (unpaired) electrons. The molecule has 2 aromatic carbocycles. The van der Waals surface area contributed by atoms with Crippen LogP contribution in [0.15, 0.2) is 39.3 Å². The highest BCUT2D eigenvalue weighted by Crippen LogP contribution is 2.58.